The van der Waals surface area contributed by atoms with E-state index in [1.165, 1.54) is 0 Å². The molecule has 0 radical (unpaired) electrons. The first-order valence-corrected chi connectivity index (χ1v) is 4.41. The molecule has 0 aliphatic rings. The number of carbonyl (C=O) groups excluding carboxylic acids is 1. The molecule has 0 atom stereocenters. The summed E-state index contributed by atoms with van der Waals surface area (Å²) in [7, 11) is 0. The van der Waals surface area contributed by atoms with E-state index in [9.17, 15) is 4.79 Å². The molecule has 1 aromatic carbocycles. The fourth-order valence-electron chi connectivity index (χ4n) is 1.16. The van der Waals surface area contributed by atoms with Gasteiger partial charge >= 0.3 is 0 Å². The molecule has 0 fully saturated rings. The molecule has 2 heteroatoms. The number of nitrogens with one attached hydrogen (secondary N) is 1. The van der Waals surface area contributed by atoms with Gasteiger partial charge in [-0.25, -0.2) is 0 Å². The van der Waals surface area contributed by atoms with Crippen molar-refractivity contribution in [3.8, 4) is 0 Å². The zero-order valence-corrected chi connectivity index (χ0v) is 7.71. The molecule has 2 nitrogen and oxygen atoms in total. The maximum absolute atomic E-state index is 10.4. The van der Waals surface area contributed by atoms with Crippen LogP contribution in [-0.2, 0) is 0 Å². The van der Waals surface area contributed by atoms with Crippen LogP contribution >= 0.6 is 0 Å². The van der Waals surface area contributed by atoms with Crippen molar-refractivity contribution in [2.45, 2.75) is 19.8 Å². The van der Waals surface area contributed by atoms with Crippen LogP contribution in [0.2, 0.25) is 0 Å². The fourth-order valence-corrected chi connectivity index (χ4v) is 1.16. The van der Waals surface area contributed by atoms with E-state index >= 15 is 0 Å². The van der Waals surface area contributed by atoms with Crippen molar-refractivity contribution in [3.63, 3.8) is 0 Å². The van der Waals surface area contributed by atoms with Gasteiger partial charge in [-0.05, 0) is 12.0 Å². The Morgan fingerprint density at radius 1 is 1.38 bits per heavy atom. The second kappa shape index (κ2) is 4.55. The van der Waals surface area contributed by atoms with Crippen LogP contribution < -0.4 is 0 Å². The van der Waals surface area contributed by atoms with Crippen LogP contribution in [0.15, 0.2) is 24.3 Å². The zero-order chi connectivity index (χ0) is 9.68. The summed E-state index contributed by atoms with van der Waals surface area (Å²) >= 11 is 0. The molecule has 1 rings (SSSR count). The molecule has 0 bridgehead atoms. The highest BCUT2D eigenvalue weighted by Crippen LogP contribution is 2.06. The summed E-state index contributed by atoms with van der Waals surface area (Å²) in [5.41, 5.74) is 2.21. The van der Waals surface area contributed by atoms with Gasteiger partial charge in [0.25, 0.3) is 0 Å². The van der Waals surface area contributed by atoms with Gasteiger partial charge in [0, 0.05) is 11.3 Å². The Morgan fingerprint density at radius 3 is 2.46 bits per heavy atom. The highest BCUT2D eigenvalue weighted by Gasteiger charge is 1.99. The summed E-state index contributed by atoms with van der Waals surface area (Å²) in [5.74, 6) is 0. The van der Waals surface area contributed by atoms with Gasteiger partial charge in [0.05, 0.1) is 0 Å². The van der Waals surface area contributed by atoms with Crippen LogP contribution in [-0.4, -0.2) is 12.0 Å². The summed E-state index contributed by atoms with van der Waals surface area (Å²) in [6.07, 6.45) is 2.59. The number of hydrogen-bond donors (Lipinski definition) is 1. The van der Waals surface area contributed by atoms with Crippen LogP contribution in [0.4, 0.5) is 0 Å². The molecule has 0 amide bonds. The van der Waals surface area contributed by atoms with Gasteiger partial charge in [-0.3, -0.25) is 4.79 Å². The van der Waals surface area contributed by atoms with E-state index in [-0.39, 0.29) is 0 Å². The predicted octanol–water partition coefficient (Wildman–Crippen LogP) is 2.67. The van der Waals surface area contributed by atoms with E-state index in [2.05, 4.69) is 0 Å². The van der Waals surface area contributed by atoms with Crippen LogP contribution in [0.1, 0.15) is 35.7 Å². The molecule has 1 aromatic rings. The van der Waals surface area contributed by atoms with E-state index in [0.29, 0.717) is 11.3 Å². The maximum Gasteiger partial charge on any atom is 0.150 e. The lowest BCUT2D eigenvalue weighted by Gasteiger charge is -2.01. The van der Waals surface area contributed by atoms with Crippen molar-refractivity contribution in [3.05, 3.63) is 35.4 Å². The Bertz CT molecular complexity index is 300. The van der Waals surface area contributed by atoms with E-state index in [1.807, 2.05) is 19.1 Å². The van der Waals surface area contributed by atoms with Crippen LogP contribution in [0.5, 0.6) is 0 Å². The standard InChI is InChI=1S/C11H13NO/c1-2-3-11(12)10-6-4-9(8-13)5-7-10/h4-8,12H,2-3H2,1H3. The highest BCUT2D eigenvalue weighted by molar-refractivity contribution is 5.98. The lowest BCUT2D eigenvalue weighted by atomic mass is 10.0. The van der Waals surface area contributed by atoms with Gasteiger partial charge < -0.3 is 5.41 Å². The first-order valence-electron chi connectivity index (χ1n) is 4.41. The third-order valence-electron chi connectivity index (χ3n) is 1.90. The largest absolute Gasteiger partial charge is 0.305 e. The summed E-state index contributed by atoms with van der Waals surface area (Å²) in [6.45, 7) is 2.05. The molecule has 0 aliphatic carbocycles. The second-order valence-electron chi connectivity index (χ2n) is 2.97. The van der Waals surface area contributed by atoms with E-state index in [1.54, 1.807) is 12.1 Å². The van der Waals surface area contributed by atoms with Crippen molar-refractivity contribution in [2.24, 2.45) is 0 Å². The maximum atomic E-state index is 10.4. The molecule has 0 saturated heterocycles. The van der Waals surface area contributed by atoms with Crippen molar-refractivity contribution >= 4 is 12.0 Å². The minimum atomic E-state index is 0.639. The normalized spacial score (nSPS) is 9.62. The van der Waals surface area contributed by atoms with E-state index < -0.39 is 0 Å². The number of rotatable bonds is 4. The molecule has 0 heterocycles. The smallest absolute Gasteiger partial charge is 0.150 e. The Labute approximate surface area is 78.1 Å². The Hall–Kier alpha value is -1.44. The van der Waals surface area contributed by atoms with E-state index in [0.717, 1.165) is 24.7 Å². The SMILES string of the molecule is CCCC(=N)c1ccc(C=O)cc1. The molecule has 0 unspecified atom stereocenters. The fraction of sp³-hybridized carbons (Fsp3) is 0.273. The van der Waals surface area contributed by atoms with Crippen LogP contribution in [0.25, 0.3) is 0 Å². The lowest BCUT2D eigenvalue weighted by molar-refractivity contribution is 0.112. The first-order chi connectivity index (χ1) is 6.27. The third-order valence-corrected chi connectivity index (χ3v) is 1.90. The summed E-state index contributed by atoms with van der Waals surface area (Å²) in [4.78, 5) is 10.4. The second-order valence-corrected chi connectivity index (χ2v) is 2.97. The number of benzene rings is 1. The van der Waals surface area contributed by atoms with Gasteiger partial charge in [-0.15, -0.1) is 0 Å². The molecule has 68 valence electrons. The van der Waals surface area contributed by atoms with Gasteiger partial charge in [0.15, 0.2) is 0 Å². The third kappa shape index (κ3) is 2.51. The monoisotopic (exact) mass is 175 g/mol. The molecule has 0 aromatic heterocycles. The first kappa shape index (κ1) is 9.65. The van der Waals surface area contributed by atoms with Crippen LogP contribution in [0, 0.1) is 5.41 Å². The van der Waals surface area contributed by atoms with E-state index in [4.69, 9.17) is 5.41 Å². The quantitative estimate of drug-likeness (QED) is 0.554. The summed E-state index contributed by atoms with van der Waals surface area (Å²) in [6, 6.07) is 7.13. The van der Waals surface area contributed by atoms with Crippen molar-refractivity contribution < 1.29 is 4.79 Å². The number of hydrogen-bond acceptors (Lipinski definition) is 2. The molecule has 1 N–H and O–H groups in total. The Balaban J connectivity index is 2.79. The number of aldehydes is 1. The predicted molar refractivity (Wildman–Crippen MR) is 53.6 cm³/mol. The van der Waals surface area contributed by atoms with Crippen LogP contribution in [0.3, 0.4) is 0 Å². The minimum absolute atomic E-state index is 0.639. The highest BCUT2D eigenvalue weighted by atomic mass is 16.1. The molecule has 0 saturated carbocycles. The van der Waals surface area contributed by atoms with Gasteiger partial charge in [0.2, 0.25) is 0 Å². The number of carbonyl (C=O) groups is 1. The average molecular weight is 175 g/mol. The summed E-state index contributed by atoms with van der Waals surface area (Å²) in [5, 5.41) is 7.67. The molecule has 13 heavy (non-hydrogen) atoms. The molecule has 0 spiro atoms. The molecular weight excluding hydrogens is 162 g/mol. The lowest BCUT2D eigenvalue weighted by Crippen LogP contribution is -1.97. The minimum Gasteiger partial charge on any atom is -0.305 e. The van der Waals surface area contributed by atoms with Gasteiger partial charge in [-0.1, -0.05) is 37.6 Å². The van der Waals surface area contributed by atoms with Crippen molar-refractivity contribution in [1.82, 2.24) is 0 Å². The summed E-state index contributed by atoms with van der Waals surface area (Å²) < 4.78 is 0. The average Bonchev–Trinajstić information content (AvgIpc) is 2.18. The Kier molecular flexibility index (Phi) is 3.38. The van der Waals surface area contributed by atoms with Gasteiger partial charge in [0.1, 0.15) is 6.29 Å². The van der Waals surface area contributed by atoms with Gasteiger partial charge in [-0.2, -0.15) is 0 Å². The zero-order valence-electron chi connectivity index (χ0n) is 7.71. The topological polar surface area (TPSA) is 40.9 Å². The van der Waals surface area contributed by atoms with Crippen molar-refractivity contribution in [2.75, 3.05) is 0 Å². The Morgan fingerprint density at radius 2 is 2.00 bits per heavy atom. The van der Waals surface area contributed by atoms with Crippen molar-refractivity contribution in [1.29, 1.82) is 5.41 Å². The molecule has 0 aliphatic heterocycles. The molecular formula is C11H13NO.